The predicted octanol–water partition coefficient (Wildman–Crippen LogP) is 3.60. The highest BCUT2D eigenvalue weighted by atomic mass is 35.5. The lowest BCUT2D eigenvalue weighted by Gasteiger charge is -2.24. The molecule has 0 radical (unpaired) electrons. The Balaban J connectivity index is 1.99. The van der Waals surface area contributed by atoms with Crippen molar-refractivity contribution in [2.45, 2.75) is 25.8 Å². The van der Waals surface area contributed by atoms with Crippen LogP contribution in [0.1, 0.15) is 31.4 Å². The number of carbonyl (C=O) groups excluding carboxylic acids is 1. The second-order valence-electron chi connectivity index (χ2n) is 4.78. The molecule has 19 heavy (non-hydrogen) atoms. The number of rotatable bonds is 3. The van der Waals surface area contributed by atoms with E-state index in [2.05, 4.69) is 5.32 Å². The molecule has 1 aromatic rings. The van der Waals surface area contributed by atoms with Gasteiger partial charge in [0, 0.05) is 29.2 Å². The molecule has 0 aromatic heterocycles. The molecule has 1 N–H and O–H groups in total. The second-order valence-corrected chi connectivity index (χ2v) is 5.63. The maximum atomic E-state index is 12.1. The Kier molecular flexibility index (Phi) is 5.08. The van der Waals surface area contributed by atoms with Crippen LogP contribution in [-0.4, -0.2) is 19.1 Å². The third-order valence-corrected chi connectivity index (χ3v) is 3.94. The number of carbonyl (C=O) groups is 1. The van der Waals surface area contributed by atoms with Crippen LogP contribution in [0.25, 0.3) is 0 Å². The molecule has 104 valence electrons. The molecule has 1 amide bonds. The van der Waals surface area contributed by atoms with Crippen molar-refractivity contribution in [3.8, 4) is 0 Å². The predicted molar refractivity (Wildman–Crippen MR) is 76.6 cm³/mol. The molecule has 0 aliphatic carbocycles. The summed E-state index contributed by atoms with van der Waals surface area (Å²) in [5.74, 6) is 0.115. The van der Waals surface area contributed by atoms with Crippen molar-refractivity contribution in [2.24, 2.45) is 5.92 Å². The Hall–Kier alpha value is -0.770. The molecule has 1 unspecified atom stereocenters. The smallest absolute Gasteiger partial charge is 0.223 e. The van der Waals surface area contributed by atoms with Gasteiger partial charge in [0.1, 0.15) is 0 Å². The van der Waals surface area contributed by atoms with Gasteiger partial charge in [0.05, 0.1) is 6.04 Å². The first-order valence-electron chi connectivity index (χ1n) is 6.41. The summed E-state index contributed by atoms with van der Waals surface area (Å²) in [5.41, 5.74) is 0.881. The van der Waals surface area contributed by atoms with Crippen molar-refractivity contribution in [3.63, 3.8) is 0 Å². The van der Waals surface area contributed by atoms with Crippen molar-refractivity contribution in [1.82, 2.24) is 5.32 Å². The number of amides is 1. The van der Waals surface area contributed by atoms with E-state index in [1.54, 1.807) is 12.1 Å². The molecule has 0 bridgehead atoms. The number of nitrogens with one attached hydrogen (secondary N) is 1. The lowest BCUT2D eigenvalue weighted by atomic mass is 9.98. The number of hydrogen-bond donors (Lipinski definition) is 1. The molecule has 5 heteroatoms. The first-order chi connectivity index (χ1) is 9.08. The van der Waals surface area contributed by atoms with E-state index in [4.69, 9.17) is 27.9 Å². The first kappa shape index (κ1) is 14.6. The van der Waals surface area contributed by atoms with Gasteiger partial charge in [0.15, 0.2) is 0 Å². The minimum Gasteiger partial charge on any atom is -0.381 e. The third kappa shape index (κ3) is 3.85. The second kappa shape index (κ2) is 6.60. The van der Waals surface area contributed by atoms with Crippen LogP contribution in [0.2, 0.25) is 10.0 Å². The number of ether oxygens (including phenoxy) is 1. The van der Waals surface area contributed by atoms with Crippen molar-refractivity contribution >= 4 is 29.1 Å². The summed E-state index contributed by atoms with van der Waals surface area (Å²) in [7, 11) is 0. The van der Waals surface area contributed by atoms with Crippen LogP contribution < -0.4 is 5.32 Å². The van der Waals surface area contributed by atoms with Crippen LogP contribution in [-0.2, 0) is 9.53 Å². The van der Waals surface area contributed by atoms with Gasteiger partial charge < -0.3 is 10.1 Å². The monoisotopic (exact) mass is 301 g/mol. The number of hydrogen-bond acceptors (Lipinski definition) is 2. The van der Waals surface area contributed by atoms with Gasteiger partial charge in [0.2, 0.25) is 5.91 Å². The molecule has 3 nitrogen and oxygen atoms in total. The van der Waals surface area contributed by atoms with Crippen molar-refractivity contribution < 1.29 is 9.53 Å². The molecule has 1 aromatic carbocycles. The van der Waals surface area contributed by atoms with Crippen LogP contribution in [0.15, 0.2) is 18.2 Å². The van der Waals surface area contributed by atoms with Crippen LogP contribution >= 0.6 is 23.2 Å². The third-order valence-electron chi connectivity index (χ3n) is 3.38. The van der Waals surface area contributed by atoms with Gasteiger partial charge in [-0.3, -0.25) is 4.79 Å². The summed E-state index contributed by atoms with van der Waals surface area (Å²) in [6.07, 6.45) is 1.57. The molecule has 0 spiro atoms. The summed E-state index contributed by atoms with van der Waals surface area (Å²) >= 11 is 12.0. The van der Waals surface area contributed by atoms with E-state index in [0.717, 1.165) is 18.4 Å². The summed E-state index contributed by atoms with van der Waals surface area (Å²) < 4.78 is 5.26. The van der Waals surface area contributed by atoms with Crippen LogP contribution in [0.3, 0.4) is 0 Å². The Labute approximate surface area is 123 Å². The topological polar surface area (TPSA) is 38.3 Å². The standard InChI is InChI=1S/C14H17Cl2NO2/c1-9(12-3-2-11(15)8-13(12)16)17-14(18)10-4-6-19-7-5-10/h2-3,8-10H,4-7H2,1H3,(H,17,18). The van der Waals surface area contributed by atoms with Gasteiger partial charge in [0.25, 0.3) is 0 Å². The van der Waals surface area contributed by atoms with E-state index in [1.807, 2.05) is 13.0 Å². The molecule has 0 saturated carbocycles. The summed E-state index contributed by atoms with van der Waals surface area (Å²) in [5, 5.41) is 4.17. The zero-order valence-electron chi connectivity index (χ0n) is 10.8. The van der Waals surface area contributed by atoms with Gasteiger partial charge >= 0.3 is 0 Å². The van der Waals surface area contributed by atoms with Crippen LogP contribution in [0, 0.1) is 5.92 Å². The maximum Gasteiger partial charge on any atom is 0.223 e. The van der Waals surface area contributed by atoms with Gasteiger partial charge in [-0.15, -0.1) is 0 Å². The minimum atomic E-state index is -0.125. The Bertz CT molecular complexity index is 459. The SMILES string of the molecule is CC(NC(=O)C1CCOCC1)c1ccc(Cl)cc1Cl. The normalized spacial score (nSPS) is 18.1. The van der Waals surface area contributed by atoms with Crippen LogP contribution in [0.5, 0.6) is 0 Å². The Morgan fingerprint density at radius 1 is 1.37 bits per heavy atom. The van der Waals surface area contributed by atoms with E-state index in [0.29, 0.717) is 23.3 Å². The van der Waals surface area contributed by atoms with Gasteiger partial charge in [-0.1, -0.05) is 29.3 Å². The van der Waals surface area contributed by atoms with Crippen LogP contribution in [0.4, 0.5) is 0 Å². The molecule has 1 atom stereocenters. The lowest BCUT2D eigenvalue weighted by Crippen LogP contribution is -2.35. The molecule has 1 aliphatic rings. The fourth-order valence-electron chi connectivity index (χ4n) is 2.22. The minimum absolute atomic E-state index is 0.0438. The molecule has 1 aliphatic heterocycles. The zero-order chi connectivity index (χ0) is 13.8. The molecule has 2 rings (SSSR count). The fraction of sp³-hybridized carbons (Fsp3) is 0.500. The van der Waals surface area contributed by atoms with E-state index >= 15 is 0 Å². The van der Waals surface area contributed by atoms with E-state index in [-0.39, 0.29) is 17.9 Å². The highest BCUT2D eigenvalue weighted by molar-refractivity contribution is 6.35. The summed E-state index contributed by atoms with van der Waals surface area (Å²) in [6, 6.07) is 5.19. The molecular formula is C14H17Cl2NO2. The van der Waals surface area contributed by atoms with E-state index < -0.39 is 0 Å². The highest BCUT2D eigenvalue weighted by Gasteiger charge is 2.23. The van der Waals surface area contributed by atoms with Crippen molar-refractivity contribution in [1.29, 1.82) is 0 Å². The largest absolute Gasteiger partial charge is 0.381 e. The molecular weight excluding hydrogens is 285 g/mol. The van der Waals surface area contributed by atoms with Crippen molar-refractivity contribution in [3.05, 3.63) is 33.8 Å². The maximum absolute atomic E-state index is 12.1. The average molecular weight is 302 g/mol. The van der Waals surface area contributed by atoms with Gasteiger partial charge in [-0.25, -0.2) is 0 Å². The Morgan fingerprint density at radius 2 is 2.05 bits per heavy atom. The zero-order valence-corrected chi connectivity index (χ0v) is 12.3. The van der Waals surface area contributed by atoms with Gasteiger partial charge in [-0.05, 0) is 37.5 Å². The quantitative estimate of drug-likeness (QED) is 0.926. The summed E-state index contributed by atoms with van der Waals surface area (Å²) in [6.45, 7) is 3.24. The lowest BCUT2D eigenvalue weighted by molar-refractivity contribution is -0.128. The molecule has 1 saturated heterocycles. The summed E-state index contributed by atoms with van der Waals surface area (Å²) in [4.78, 5) is 12.1. The highest BCUT2D eigenvalue weighted by Crippen LogP contribution is 2.26. The molecule has 1 fully saturated rings. The molecule has 1 heterocycles. The number of benzene rings is 1. The first-order valence-corrected chi connectivity index (χ1v) is 7.16. The van der Waals surface area contributed by atoms with Crippen molar-refractivity contribution in [2.75, 3.05) is 13.2 Å². The fourth-order valence-corrected chi connectivity index (χ4v) is 2.79. The van der Waals surface area contributed by atoms with E-state index in [9.17, 15) is 4.79 Å². The van der Waals surface area contributed by atoms with Gasteiger partial charge in [-0.2, -0.15) is 0 Å². The van der Waals surface area contributed by atoms with E-state index in [1.165, 1.54) is 0 Å². The number of halogens is 2. The Morgan fingerprint density at radius 3 is 2.68 bits per heavy atom. The average Bonchev–Trinajstić information content (AvgIpc) is 2.39.